The van der Waals surface area contributed by atoms with Crippen LogP contribution in [0.3, 0.4) is 0 Å². The van der Waals surface area contributed by atoms with Crippen LogP contribution in [0.25, 0.3) is 0 Å². The third-order valence-electron chi connectivity index (χ3n) is 16.0. The summed E-state index contributed by atoms with van der Waals surface area (Å²) in [6.07, 6.45) is 32.9. The molecular formula is C66H115NO18. The standard InChI is InChI=1S/C66H115NO18/c1-3-5-7-8-9-10-11-12-13-14-15-16-17-18-19-20-21-22-23-24-25-26-27-28-29-30-31-32-33-34-35-36-37-38-39-40-42-44-54(72)67-49(50(71)43-41-6-4-2)48-80-64-60(78)57(75)62(52(46-69)82-64)85-66-61(79)58(76)63(53(47-70)83-66)84-65-59(77)56(74)55(73)51(45-68)81-65/h5,7,9-10,12-13,15-16,18-19,21-22,49-53,55-66,68-71,73-79H,3-4,6,8,11,14,17,20,23-48H2,1-2H3,(H,67,72)/b7-5-,10-9-,13-12-,16-15-,19-18-,22-21-. The first kappa shape index (κ1) is 76.5. The van der Waals surface area contributed by atoms with Gasteiger partial charge in [-0.1, -0.05) is 209 Å². The molecule has 0 spiro atoms. The Kier molecular flexibility index (Phi) is 43.3. The normalized spacial score (nSPS) is 29.4. The number of allylic oxidation sites excluding steroid dienone is 12. The van der Waals surface area contributed by atoms with Gasteiger partial charge in [0.15, 0.2) is 18.9 Å². The van der Waals surface area contributed by atoms with E-state index < -0.39 is 124 Å². The van der Waals surface area contributed by atoms with E-state index in [0.29, 0.717) is 19.3 Å². The number of hydrogen-bond acceptors (Lipinski definition) is 18. The molecular weight excluding hydrogens is 1090 g/mol. The number of aliphatic hydroxyl groups is 11. The molecule has 19 nitrogen and oxygen atoms in total. The van der Waals surface area contributed by atoms with E-state index in [9.17, 15) is 61.0 Å². The summed E-state index contributed by atoms with van der Waals surface area (Å²) in [5.41, 5.74) is 0. The van der Waals surface area contributed by atoms with E-state index >= 15 is 0 Å². The number of hydrogen-bond donors (Lipinski definition) is 12. The average molecular weight is 1210 g/mol. The number of amides is 1. The van der Waals surface area contributed by atoms with E-state index in [2.05, 4.69) is 85.2 Å². The van der Waals surface area contributed by atoms with Crippen molar-refractivity contribution >= 4 is 5.91 Å². The molecule has 0 bridgehead atoms. The van der Waals surface area contributed by atoms with Crippen molar-refractivity contribution in [1.29, 1.82) is 0 Å². The predicted octanol–water partition coefficient (Wildman–Crippen LogP) is 7.38. The van der Waals surface area contributed by atoms with Crippen molar-refractivity contribution in [2.24, 2.45) is 0 Å². The first-order valence-corrected chi connectivity index (χ1v) is 32.7. The summed E-state index contributed by atoms with van der Waals surface area (Å²) >= 11 is 0. The van der Waals surface area contributed by atoms with Gasteiger partial charge in [-0.2, -0.15) is 0 Å². The van der Waals surface area contributed by atoms with Crippen molar-refractivity contribution in [3.8, 4) is 0 Å². The summed E-state index contributed by atoms with van der Waals surface area (Å²) in [5, 5.41) is 119. The van der Waals surface area contributed by atoms with Crippen LogP contribution in [-0.2, 0) is 33.2 Å². The molecule has 0 aromatic rings. The molecule has 0 aliphatic carbocycles. The topological polar surface area (TPSA) is 307 Å². The average Bonchev–Trinajstić information content (AvgIpc) is 3.44. The third-order valence-corrected chi connectivity index (χ3v) is 16.0. The molecule has 0 saturated carbocycles. The minimum absolute atomic E-state index is 0.256. The van der Waals surface area contributed by atoms with Gasteiger partial charge in [0, 0.05) is 6.42 Å². The largest absolute Gasteiger partial charge is 0.394 e. The maximum absolute atomic E-state index is 13.2. The van der Waals surface area contributed by atoms with E-state index in [1.807, 2.05) is 6.92 Å². The molecule has 17 atom stereocenters. The summed E-state index contributed by atoms with van der Waals surface area (Å²) in [4.78, 5) is 13.2. The molecule has 0 radical (unpaired) electrons. The van der Waals surface area contributed by atoms with Crippen LogP contribution in [-0.4, -0.2) is 193 Å². The Hall–Kier alpha value is -2.77. The zero-order chi connectivity index (χ0) is 61.9. The fraction of sp³-hybridized carbons (Fsp3) is 0.803. The molecule has 12 N–H and O–H groups in total. The van der Waals surface area contributed by atoms with Gasteiger partial charge in [-0.25, -0.2) is 0 Å². The summed E-state index contributed by atoms with van der Waals surface area (Å²) in [6, 6.07) is -0.884. The zero-order valence-electron chi connectivity index (χ0n) is 51.6. The van der Waals surface area contributed by atoms with Crippen molar-refractivity contribution in [2.45, 2.75) is 311 Å². The molecule has 3 aliphatic rings. The van der Waals surface area contributed by atoms with Gasteiger partial charge in [0.1, 0.15) is 73.2 Å². The van der Waals surface area contributed by atoms with E-state index in [0.717, 1.165) is 70.6 Å². The van der Waals surface area contributed by atoms with Gasteiger partial charge < -0.3 is 89.9 Å². The summed E-state index contributed by atoms with van der Waals surface area (Å²) < 4.78 is 34.1. The molecule has 3 saturated heterocycles. The van der Waals surface area contributed by atoms with Crippen LogP contribution in [0.4, 0.5) is 0 Å². The number of ether oxygens (including phenoxy) is 6. The second-order valence-electron chi connectivity index (χ2n) is 23.2. The van der Waals surface area contributed by atoms with Crippen molar-refractivity contribution in [2.75, 3.05) is 26.4 Å². The highest BCUT2D eigenvalue weighted by atomic mass is 16.8. The Morgan fingerprint density at radius 1 is 0.435 bits per heavy atom. The van der Waals surface area contributed by atoms with E-state index in [1.54, 1.807) is 0 Å². The van der Waals surface area contributed by atoms with Gasteiger partial charge in [0.2, 0.25) is 5.91 Å². The maximum atomic E-state index is 13.2. The van der Waals surface area contributed by atoms with Gasteiger partial charge in [-0.05, 0) is 64.2 Å². The lowest BCUT2D eigenvalue weighted by molar-refractivity contribution is -0.379. The highest BCUT2D eigenvalue weighted by Crippen LogP contribution is 2.33. The number of unbranched alkanes of at least 4 members (excludes halogenated alkanes) is 20. The predicted molar refractivity (Wildman–Crippen MR) is 328 cm³/mol. The summed E-state index contributed by atoms with van der Waals surface area (Å²) in [6.45, 7) is 1.48. The Morgan fingerprint density at radius 2 is 0.812 bits per heavy atom. The second-order valence-corrected chi connectivity index (χ2v) is 23.2. The van der Waals surface area contributed by atoms with E-state index in [4.69, 9.17) is 28.4 Å². The van der Waals surface area contributed by atoms with Crippen molar-refractivity contribution < 1.29 is 89.4 Å². The van der Waals surface area contributed by atoms with Crippen molar-refractivity contribution in [3.63, 3.8) is 0 Å². The van der Waals surface area contributed by atoms with Crippen LogP contribution in [0, 0.1) is 0 Å². The van der Waals surface area contributed by atoms with Gasteiger partial charge in [0.25, 0.3) is 0 Å². The summed E-state index contributed by atoms with van der Waals surface area (Å²) in [5.74, 6) is -0.256. The molecule has 1 amide bonds. The highest BCUT2D eigenvalue weighted by molar-refractivity contribution is 5.76. The van der Waals surface area contributed by atoms with Gasteiger partial charge in [-0.15, -0.1) is 0 Å². The minimum atomic E-state index is -1.97. The lowest BCUT2D eigenvalue weighted by Crippen LogP contribution is -2.66. The quantitative estimate of drug-likeness (QED) is 0.0209. The molecule has 3 aliphatic heterocycles. The molecule has 0 aromatic carbocycles. The molecule has 3 heterocycles. The van der Waals surface area contributed by atoms with Gasteiger partial charge in [-0.3, -0.25) is 4.79 Å². The number of rotatable bonds is 48. The lowest BCUT2D eigenvalue weighted by Gasteiger charge is -2.48. The van der Waals surface area contributed by atoms with Gasteiger partial charge >= 0.3 is 0 Å². The lowest BCUT2D eigenvalue weighted by atomic mass is 9.96. The number of carbonyl (C=O) groups excluding carboxylic acids is 1. The van der Waals surface area contributed by atoms with Crippen molar-refractivity contribution in [3.05, 3.63) is 72.9 Å². The first-order chi connectivity index (χ1) is 41.3. The molecule has 492 valence electrons. The van der Waals surface area contributed by atoms with Crippen LogP contribution >= 0.6 is 0 Å². The molecule has 3 rings (SSSR count). The fourth-order valence-corrected chi connectivity index (χ4v) is 10.7. The molecule has 17 unspecified atom stereocenters. The summed E-state index contributed by atoms with van der Waals surface area (Å²) in [7, 11) is 0. The molecule has 3 fully saturated rings. The monoisotopic (exact) mass is 1210 g/mol. The van der Waals surface area contributed by atoms with Crippen molar-refractivity contribution in [1.82, 2.24) is 5.32 Å². The van der Waals surface area contributed by atoms with Crippen LogP contribution < -0.4 is 5.32 Å². The number of carbonyl (C=O) groups is 1. The zero-order valence-corrected chi connectivity index (χ0v) is 51.6. The van der Waals surface area contributed by atoms with Crippen LogP contribution in [0.2, 0.25) is 0 Å². The molecule has 19 heteroatoms. The SMILES string of the molecule is CC/C=C\C/C=C\C/C=C\C/C=C\C/C=C\C/C=C\CCCCCCCCCCCCCCCCCCCCC(=O)NC(COC1OC(CO)C(OC2OC(CO)C(OC3OC(CO)C(O)C(O)C3O)C(O)C2O)C(O)C1O)C(O)CCCCC. The van der Waals surface area contributed by atoms with E-state index in [1.165, 1.54) is 96.3 Å². The Bertz CT molecular complexity index is 1830. The molecule has 0 aromatic heterocycles. The van der Waals surface area contributed by atoms with Crippen LogP contribution in [0.5, 0.6) is 0 Å². The second kappa shape index (κ2) is 48.1. The Balaban J connectivity index is 1.22. The first-order valence-electron chi connectivity index (χ1n) is 32.7. The fourth-order valence-electron chi connectivity index (χ4n) is 10.7. The smallest absolute Gasteiger partial charge is 0.220 e. The van der Waals surface area contributed by atoms with Gasteiger partial charge in [0.05, 0.1) is 38.6 Å². The van der Waals surface area contributed by atoms with Crippen LogP contribution in [0.1, 0.15) is 206 Å². The minimum Gasteiger partial charge on any atom is -0.394 e. The maximum Gasteiger partial charge on any atom is 0.220 e. The third kappa shape index (κ3) is 31.0. The number of aliphatic hydroxyl groups excluding tert-OH is 11. The molecule has 85 heavy (non-hydrogen) atoms. The van der Waals surface area contributed by atoms with Crippen LogP contribution in [0.15, 0.2) is 72.9 Å². The van der Waals surface area contributed by atoms with E-state index in [-0.39, 0.29) is 18.9 Å². The Morgan fingerprint density at radius 3 is 1.25 bits per heavy atom. The Labute approximate surface area is 508 Å². The highest BCUT2D eigenvalue weighted by Gasteiger charge is 2.53. The number of nitrogens with one attached hydrogen (secondary N) is 1.